The van der Waals surface area contributed by atoms with Gasteiger partial charge in [0, 0.05) is 24.5 Å². The summed E-state index contributed by atoms with van der Waals surface area (Å²) < 4.78 is 26.6. The van der Waals surface area contributed by atoms with Gasteiger partial charge in [0.25, 0.3) is 0 Å². The molecule has 2 rings (SSSR count). The van der Waals surface area contributed by atoms with Crippen molar-refractivity contribution >= 4 is 33.2 Å². The third kappa shape index (κ3) is 3.34. The lowest BCUT2D eigenvalue weighted by molar-refractivity contribution is 0.588. The molecule has 5 nitrogen and oxygen atoms in total. The number of rotatable bonds is 3. The Morgan fingerprint density at radius 3 is 2.84 bits per heavy atom. The Kier molecular flexibility index (Phi) is 4.59. The van der Waals surface area contributed by atoms with Crippen LogP contribution >= 0.6 is 11.8 Å². The van der Waals surface area contributed by atoms with Crippen LogP contribution in [-0.2, 0) is 10.0 Å². The molecule has 0 aliphatic carbocycles. The van der Waals surface area contributed by atoms with Crippen molar-refractivity contribution in [1.29, 1.82) is 0 Å². The lowest BCUT2D eigenvalue weighted by Crippen LogP contribution is -2.29. The minimum atomic E-state index is -3.49. The molecule has 1 heterocycles. The van der Waals surface area contributed by atoms with E-state index in [0.29, 0.717) is 5.69 Å². The number of nitrogen functional groups attached to an aromatic ring is 1. The molecule has 19 heavy (non-hydrogen) atoms. The maximum absolute atomic E-state index is 12.1. The Balaban J connectivity index is 2.44. The number of nitrogens with two attached hydrogens (primary N) is 1. The van der Waals surface area contributed by atoms with Crippen molar-refractivity contribution in [2.45, 2.75) is 11.3 Å². The Morgan fingerprint density at radius 1 is 1.32 bits per heavy atom. The van der Waals surface area contributed by atoms with Crippen LogP contribution in [0.3, 0.4) is 0 Å². The number of nitrogens with zero attached hydrogens (tertiary/aromatic N) is 1. The SMILES string of the molecule is CNS(=O)(=O)c1cc(N)ccc1N1CCCSCC1. The number of anilines is 2. The van der Waals surface area contributed by atoms with E-state index >= 15 is 0 Å². The third-order valence-electron chi connectivity index (χ3n) is 3.11. The maximum Gasteiger partial charge on any atom is 0.242 e. The molecule has 1 aliphatic rings. The molecule has 0 atom stereocenters. The van der Waals surface area contributed by atoms with Crippen LogP contribution in [0.25, 0.3) is 0 Å². The molecule has 0 aromatic heterocycles. The van der Waals surface area contributed by atoms with Crippen molar-refractivity contribution < 1.29 is 8.42 Å². The van der Waals surface area contributed by atoms with Gasteiger partial charge in [0.15, 0.2) is 0 Å². The Bertz CT molecular complexity index is 538. The van der Waals surface area contributed by atoms with Gasteiger partial charge >= 0.3 is 0 Å². The highest BCUT2D eigenvalue weighted by atomic mass is 32.2. The Labute approximate surface area is 118 Å². The summed E-state index contributed by atoms with van der Waals surface area (Å²) in [5, 5.41) is 0. The van der Waals surface area contributed by atoms with E-state index in [4.69, 9.17) is 5.73 Å². The number of sulfonamides is 1. The van der Waals surface area contributed by atoms with E-state index in [1.54, 1.807) is 12.1 Å². The summed E-state index contributed by atoms with van der Waals surface area (Å²) in [5.41, 5.74) is 6.93. The molecule has 0 unspecified atom stereocenters. The molecule has 0 radical (unpaired) electrons. The first-order valence-electron chi connectivity index (χ1n) is 6.20. The summed E-state index contributed by atoms with van der Waals surface area (Å²) in [6, 6.07) is 5.08. The van der Waals surface area contributed by atoms with Gasteiger partial charge in [-0.25, -0.2) is 13.1 Å². The summed E-state index contributed by atoms with van der Waals surface area (Å²) in [6.07, 6.45) is 1.06. The number of thioether (sulfide) groups is 1. The quantitative estimate of drug-likeness (QED) is 0.818. The monoisotopic (exact) mass is 301 g/mol. The first-order chi connectivity index (χ1) is 9.04. The van der Waals surface area contributed by atoms with E-state index in [0.717, 1.165) is 36.7 Å². The van der Waals surface area contributed by atoms with Crippen LogP contribution in [0.5, 0.6) is 0 Å². The molecule has 0 amide bonds. The fourth-order valence-corrected chi connectivity index (χ4v) is 3.97. The average Bonchev–Trinajstić information content (AvgIpc) is 2.67. The Hall–Kier alpha value is -0.920. The summed E-state index contributed by atoms with van der Waals surface area (Å²) >= 11 is 1.90. The predicted octanol–water partition coefficient (Wildman–Crippen LogP) is 1.12. The van der Waals surface area contributed by atoms with Crippen molar-refractivity contribution in [2.24, 2.45) is 0 Å². The van der Waals surface area contributed by atoms with Crippen molar-refractivity contribution in [2.75, 3.05) is 42.3 Å². The van der Waals surface area contributed by atoms with Crippen LogP contribution in [0.15, 0.2) is 23.1 Å². The molecule has 0 saturated carbocycles. The second kappa shape index (κ2) is 6.02. The average molecular weight is 301 g/mol. The van der Waals surface area contributed by atoms with E-state index in [1.807, 2.05) is 11.8 Å². The van der Waals surface area contributed by atoms with Crippen LogP contribution in [0.4, 0.5) is 11.4 Å². The van der Waals surface area contributed by atoms with Gasteiger partial charge in [0.2, 0.25) is 10.0 Å². The Morgan fingerprint density at radius 2 is 2.11 bits per heavy atom. The fraction of sp³-hybridized carbons (Fsp3) is 0.500. The summed E-state index contributed by atoms with van der Waals surface area (Å²) in [4.78, 5) is 2.39. The van der Waals surface area contributed by atoms with Crippen molar-refractivity contribution in [3.63, 3.8) is 0 Å². The van der Waals surface area contributed by atoms with Gasteiger partial charge in [0.05, 0.1) is 5.69 Å². The normalized spacial score (nSPS) is 17.2. The second-order valence-corrected chi connectivity index (χ2v) is 7.47. The van der Waals surface area contributed by atoms with Crippen LogP contribution < -0.4 is 15.4 Å². The molecule has 3 N–H and O–H groups in total. The van der Waals surface area contributed by atoms with Gasteiger partial charge in [-0.15, -0.1) is 0 Å². The van der Waals surface area contributed by atoms with Gasteiger partial charge in [-0.1, -0.05) is 0 Å². The first kappa shape index (κ1) is 14.5. The fourth-order valence-electron chi connectivity index (χ4n) is 2.10. The predicted molar refractivity (Wildman–Crippen MR) is 81.3 cm³/mol. The molecule has 0 bridgehead atoms. The molecule has 7 heteroatoms. The number of benzene rings is 1. The highest BCUT2D eigenvalue weighted by Gasteiger charge is 2.21. The zero-order valence-electron chi connectivity index (χ0n) is 10.9. The molecular formula is C12H19N3O2S2. The van der Waals surface area contributed by atoms with Crippen LogP contribution in [0.1, 0.15) is 6.42 Å². The largest absolute Gasteiger partial charge is 0.399 e. The second-order valence-electron chi connectivity index (χ2n) is 4.39. The molecule has 106 valence electrons. The summed E-state index contributed by atoms with van der Waals surface area (Å²) in [5.74, 6) is 2.14. The number of hydrogen-bond acceptors (Lipinski definition) is 5. The van der Waals surface area contributed by atoms with Crippen molar-refractivity contribution in [3.05, 3.63) is 18.2 Å². The molecule has 1 aromatic carbocycles. The molecule has 1 aromatic rings. The van der Waals surface area contributed by atoms with Crippen molar-refractivity contribution in [3.8, 4) is 0 Å². The molecular weight excluding hydrogens is 282 g/mol. The van der Waals surface area contributed by atoms with Crippen LogP contribution in [-0.4, -0.2) is 40.1 Å². The summed E-state index contributed by atoms with van der Waals surface area (Å²) in [7, 11) is -2.07. The standard InChI is InChI=1S/C12H19N3O2S2/c1-14-19(16,17)12-9-10(13)3-4-11(12)15-5-2-7-18-8-6-15/h3-4,9,14H,2,5-8,13H2,1H3. The number of hydrogen-bond donors (Lipinski definition) is 2. The minimum absolute atomic E-state index is 0.266. The van der Waals surface area contributed by atoms with Gasteiger partial charge in [-0.3, -0.25) is 0 Å². The zero-order valence-corrected chi connectivity index (χ0v) is 12.6. The van der Waals surface area contributed by atoms with Gasteiger partial charge in [-0.05, 0) is 37.4 Å². The molecule has 1 fully saturated rings. The molecule has 1 aliphatic heterocycles. The van der Waals surface area contributed by atoms with Gasteiger partial charge in [-0.2, -0.15) is 11.8 Å². The lowest BCUT2D eigenvalue weighted by Gasteiger charge is -2.25. The highest BCUT2D eigenvalue weighted by molar-refractivity contribution is 7.99. The zero-order chi connectivity index (χ0) is 13.9. The molecule has 1 saturated heterocycles. The lowest BCUT2D eigenvalue weighted by atomic mass is 10.2. The smallest absolute Gasteiger partial charge is 0.242 e. The highest BCUT2D eigenvalue weighted by Crippen LogP contribution is 2.28. The van der Waals surface area contributed by atoms with Gasteiger partial charge < -0.3 is 10.6 Å². The molecule has 0 spiro atoms. The third-order valence-corrected chi connectivity index (χ3v) is 5.60. The first-order valence-corrected chi connectivity index (χ1v) is 8.84. The maximum atomic E-state index is 12.1. The van der Waals surface area contributed by atoms with E-state index in [9.17, 15) is 8.42 Å². The van der Waals surface area contributed by atoms with Gasteiger partial charge in [0.1, 0.15) is 4.90 Å². The minimum Gasteiger partial charge on any atom is -0.399 e. The topological polar surface area (TPSA) is 75.4 Å². The van der Waals surface area contributed by atoms with E-state index in [2.05, 4.69) is 9.62 Å². The van der Waals surface area contributed by atoms with Crippen LogP contribution in [0.2, 0.25) is 0 Å². The van der Waals surface area contributed by atoms with E-state index in [-0.39, 0.29) is 4.90 Å². The summed E-state index contributed by atoms with van der Waals surface area (Å²) in [6.45, 7) is 1.74. The van der Waals surface area contributed by atoms with E-state index in [1.165, 1.54) is 13.1 Å². The van der Waals surface area contributed by atoms with Crippen LogP contribution in [0, 0.1) is 0 Å². The number of nitrogens with one attached hydrogen (secondary N) is 1. The van der Waals surface area contributed by atoms with E-state index < -0.39 is 10.0 Å². The van der Waals surface area contributed by atoms with Crippen molar-refractivity contribution in [1.82, 2.24) is 4.72 Å².